The second-order valence-corrected chi connectivity index (χ2v) is 4.69. The molecule has 2 rings (SSSR count). The van der Waals surface area contributed by atoms with E-state index in [-0.39, 0.29) is 0 Å². The first kappa shape index (κ1) is 11.0. The minimum atomic E-state index is 0.497. The van der Waals surface area contributed by atoms with Crippen LogP contribution in [0.5, 0.6) is 0 Å². The van der Waals surface area contributed by atoms with Gasteiger partial charge in [-0.3, -0.25) is 0 Å². The fraction of sp³-hybridized carbons (Fsp3) is 1.00. The van der Waals surface area contributed by atoms with Gasteiger partial charge in [0.15, 0.2) is 0 Å². The van der Waals surface area contributed by atoms with Gasteiger partial charge in [-0.1, -0.05) is 27.7 Å². The largest absolute Gasteiger partial charge is 0.316 e. The van der Waals surface area contributed by atoms with E-state index in [4.69, 9.17) is 0 Å². The van der Waals surface area contributed by atoms with Crippen molar-refractivity contribution in [2.45, 2.75) is 34.1 Å². The summed E-state index contributed by atoms with van der Waals surface area (Å²) >= 11 is 0. The molecule has 2 fully saturated rings. The van der Waals surface area contributed by atoms with Crippen LogP contribution in [0.2, 0.25) is 0 Å². The highest BCUT2D eigenvalue weighted by Crippen LogP contribution is 2.46. The Balaban J connectivity index is 0.000000396. The van der Waals surface area contributed by atoms with E-state index in [0.29, 0.717) is 10.8 Å². The molecule has 2 nitrogen and oxygen atoms in total. The van der Waals surface area contributed by atoms with Crippen molar-refractivity contribution >= 4 is 0 Å². The quantitative estimate of drug-likeness (QED) is 0.598. The first-order valence-corrected chi connectivity index (χ1v) is 5.58. The molecule has 0 bridgehead atoms. The van der Waals surface area contributed by atoms with Gasteiger partial charge < -0.3 is 10.6 Å². The third-order valence-corrected chi connectivity index (χ3v) is 3.71. The van der Waals surface area contributed by atoms with E-state index in [1.165, 1.54) is 32.6 Å². The van der Waals surface area contributed by atoms with Crippen LogP contribution >= 0.6 is 0 Å². The van der Waals surface area contributed by atoms with Crippen LogP contribution in [-0.2, 0) is 0 Å². The highest BCUT2D eigenvalue weighted by atomic mass is 15.0. The van der Waals surface area contributed by atoms with Crippen molar-refractivity contribution in [1.29, 1.82) is 0 Å². The van der Waals surface area contributed by atoms with Crippen LogP contribution in [0.1, 0.15) is 34.1 Å². The van der Waals surface area contributed by atoms with E-state index in [9.17, 15) is 0 Å². The molecule has 2 N–H and O–H groups in total. The van der Waals surface area contributed by atoms with Crippen LogP contribution in [-0.4, -0.2) is 26.2 Å². The molecule has 2 heteroatoms. The zero-order valence-electron chi connectivity index (χ0n) is 9.54. The smallest absolute Gasteiger partial charge is 0.00277 e. The Kier molecular flexibility index (Phi) is 3.36. The fourth-order valence-corrected chi connectivity index (χ4v) is 2.51. The zero-order chi connectivity index (χ0) is 9.95. The Morgan fingerprint density at radius 1 is 0.923 bits per heavy atom. The summed E-state index contributed by atoms with van der Waals surface area (Å²) in [6, 6.07) is 0. The van der Waals surface area contributed by atoms with Crippen LogP contribution in [0, 0.1) is 10.8 Å². The Morgan fingerprint density at radius 2 is 1.54 bits per heavy atom. The molecule has 0 aliphatic carbocycles. The van der Waals surface area contributed by atoms with Crippen LogP contribution in [0.3, 0.4) is 0 Å². The molecule has 2 heterocycles. The lowest BCUT2D eigenvalue weighted by Gasteiger charge is -2.36. The molecule has 13 heavy (non-hydrogen) atoms. The number of hydrogen-bond donors (Lipinski definition) is 2. The molecule has 0 aromatic carbocycles. The molecule has 1 atom stereocenters. The highest BCUT2D eigenvalue weighted by Gasteiger charge is 2.49. The molecule has 1 unspecified atom stereocenters. The summed E-state index contributed by atoms with van der Waals surface area (Å²) in [5, 5.41) is 6.98. The lowest BCUT2D eigenvalue weighted by Crippen LogP contribution is -2.38. The lowest BCUT2D eigenvalue weighted by molar-refractivity contribution is 0.159. The van der Waals surface area contributed by atoms with Gasteiger partial charge in [-0.05, 0) is 18.4 Å². The second kappa shape index (κ2) is 3.97. The SMILES string of the molecule is CC.CC1(C)CNCC12CCNC2. The summed E-state index contributed by atoms with van der Waals surface area (Å²) in [5.74, 6) is 0. The summed E-state index contributed by atoms with van der Waals surface area (Å²) in [5.41, 5.74) is 1.06. The van der Waals surface area contributed by atoms with Gasteiger partial charge in [-0.25, -0.2) is 0 Å². The van der Waals surface area contributed by atoms with Crippen molar-refractivity contribution in [3.63, 3.8) is 0 Å². The predicted octanol–water partition coefficient (Wildman–Crippen LogP) is 1.62. The van der Waals surface area contributed by atoms with Crippen LogP contribution < -0.4 is 10.6 Å². The summed E-state index contributed by atoms with van der Waals surface area (Å²) in [4.78, 5) is 0. The van der Waals surface area contributed by atoms with E-state index in [1.54, 1.807) is 0 Å². The fourth-order valence-electron chi connectivity index (χ4n) is 2.51. The maximum absolute atomic E-state index is 3.51. The zero-order valence-corrected chi connectivity index (χ0v) is 9.54. The summed E-state index contributed by atoms with van der Waals surface area (Å²) in [6.07, 6.45) is 1.35. The molecule has 0 amide bonds. The maximum atomic E-state index is 3.51. The van der Waals surface area contributed by atoms with Crippen molar-refractivity contribution < 1.29 is 0 Å². The van der Waals surface area contributed by atoms with Gasteiger partial charge in [0.2, 0.25) is 0 Å². The first-order valence-electron chi connectivity index (χ1n) is 5.58. The monoisotopic (exact) mass is 184 g/mol. The number of rotatable bonds is 0. The number of nitrogens with one attached hydrogen (secondary N) is 2. The molecule has 2 aliphatic rings. The van der Waals surface area contributed by atoms with Gasteiger partial charge in [0.25, 0.3) is 0 Å². The van der Waals surface area contributed by atoms with Crippen molar-refractivity contribution in [1.82, 2.24) is 10.6 Å². The Labute approximate surface area is 82.5 Å². The Bertz CT molecular complexity index is 152. The molecule has 1 spiro atoms. The van der Waals surface area contributed by atoms with Crippen molar-refractivity contribution in [2.24, 2.45) is 10.8 Å². The first-order chi connectivity index (χ1) is 6.16. The van der Waals surface area contributed by atoms with Crippen LogP contribution in [0.25, 0.3) is 0 Å². The number of hydrogen-bond acceptors (Lipinski definition) is 2. The third kappa shape index (κ3) is 1.75. The van der Waals surface area contributed by atoms with Crippen molar-refractivity contribution in [2.75, 3.05) is 26.2 Å². The van der Waals surface area contributed by atoms with E-state index < -0.39 is 0 Å². The van der Waals surface area contributed by atoms with Gasteiger partial charge in [0.1, 0.15) is 0 Å². The molecule has 0 saturated carbocycles. The van der Waals surface area contributed by atoms with Crippen molar-refractivity contribution in [3.8, 4) is 0 Å². The highest BCUT2D eigenvalue weighted by molar-refractivity contribution is 5.04. The molecule has 0 aromatic heterocycles. The molecule has 0 aromatic rings. The normalized spacial score (nSPS) is 36.0. The maximum Gasteiger partial charge on any atom is 0.00277 e. The lowest BCUT2D eigenvalue weighted by atomic mass is 9.67. The van der Waals surface area contributed by atoms with E-state index in [1.807, 2.05) is 13.8 Å². The topological polar surface area (TPSA) is 24.1 Å². The van der Waals surface area contributed by atoms with Gasteiger partial charge >= 0.3 is 0 Å². The van der Waals surface area contributed by atoms with Gasteiger partial charge in [0, 0.05) is 25.0 Å². The van der Waals surface area contributed by atoms with Crippen molar-refractivity contribution in [3.05, 3.63) is 0 Å². The molecular weight excluding hydrogens is 160 g/mol. The average Bonchev–Trinajstić information content (AvgIpc) is 2.67. The molecule has 78 valence electrons. The average molecular weight is 184 g/mol. The minimum absolute atomic E-state index is 0.497. The molecule has 0 radical (unpaired) electrons. The molecular formula is C11H24N2. The summed E-state index contributed by atoms with van der Waals surface area (Å²) in [6.45, 7) is 13.6. The van der Waals surface area contributed by atoms with E-state index in [0.717, 1.165) is 0 Å². The van der Waals surface area contributed by atoms with Crippen LogP contribution in [0.4, 0.5) is 0 Å². The molecule has 2 aliphatic heterocycles. The Morgan fingerprint density at radius 3 is 1.92 bits per heavy atom. The van der Waals surface area contributed by atoms with Gasteiger partial charge in [0.05, 0.1) is 0 Å². The molecule has 2 saturated heterocycles. The van der Waals surface area contributed by atoms with Gasteiger partial charge in [-0.15, -0.1) is 0 Å². The Hall–Kier alpha value is -0.0800. The summed E-state index contributed by atoms with van der Waals surface area (Å²) in [7, 11) is 0. The van der Waals surface area contributed by atoms with E-state index in [2.05, 4.69) is 24.5 Å². The summed E-state index contributed by atoms with van der Waals surface area (Å²) < 4.78 is 0. The third-order valence-electron chi connectivity index (χ3n) is 3.71. The second-order valence-electron chi connectivity index (χ2n) is 4.69. The van der Waals surface area contributed by atoms with Gasteiger partial charge in [-0.2, -0.15) is 0 Å². The van der Waals surface area contributed by atoms with Crippen LogP contribution in [0.15, 0.2) is 0 Å². The standard InChI is InChI=1S/C9H18N2.C2H6/c1-8(2)5-11-7-9(8)3-4-10-6-9;1-2/h10-11H,3-7H2,1-2H3;1-2H3. The van der Waals surface area contributed by atoms with E-state index >= 15 is 0 Å². The predicted molar refractivity (Wildman–Crippen MR) is 57.9 cm³/mol. The minimum Gasteiger partial charge on any atom is -0.316 e.